The maximum absolute atomic E-state index is 13.2. The standard InChI is InChI=1S/C15H16FN5O2S2/c1-23-6-2-5-21-9-17-20-15(21)24-8-13(22)19-14-18-11-4-3-10(16)7-12(11)25-14/h3-4,7,9H,2,5-6,8H2,1H3,(H,18,19,22). The van der Waals surface area contributed by atoms with Gasteiger partial charge in [-0.15, -0.1) is 10.2 Å². The lowest BCUT2D eigenvalue weighted by Crippen LogP contribution is -2.14. The van der Waals surface area contributed by atoms with Crippen LogP contribution >= 0.6 is 23.1 Å². The van der Waals surface area contributed by atoms with Crippen LogP contribution in [0.2, 0.25) is 0 Å². The maximum atomic E-state index is 13.2. The minimum Gasteiger partial charge on any atom is -0.385 e. The molecule has 0 spiro atoms. The first-order valence-electron chi connectivity index (χ1n) is 7.51. The van der Waals surface area contributed by atoms with E-state index in [1.165, 1.54) is 35.2 Å². The van der Waals surface area contributed by atoms with Gasteiger partial charge in [0.2, 0.25) is 5.91 Å². The summed E-state index contributed by atoms with van der Waals surface area (Å²) >= 11 is 2.54. The number of nitrogens with one attached hydrogen (secondary N) is 1. The smallest absolute Gasteiger partial charge is 0.236 e. The van der Waals surface area contributed by atoms with Crippen LogP contribution in [0, 0.1) is 5.82 Å². The highest BCUT2D eigenvalue weighted by atomic mass is 32.2. The Morgan fingerprint density at radius 3 is 3.20 bits per heavy atom. The Labute approximate surface area is 151 Å². The Morgan fingerprint density at radius 2 is 2.36 bits per heavy atom. The number of hydrogen-bond donors (Lipinski definition) is 1. The third-order valence-corrected chi connectivity index (χ3v) is 5.17. The molecule has 3 rings (SSSR count). The second-order valence-electron chi connectivity index (χ2n) is 5.12. The molecule has 0 atom stereocenters. The summed E-state index contributed by atoms with van der Waals surface area (Å²) in [6.45, 7) is 1.38. The zero-order chi connectivity index (χ0) is 17.6. The molecule has 0 aliphatic rings. The molecule has 0 saturated heterocycles. The van der Waals surface area contributed by atoms with Crippen LogP contribution in [0.3, 0.4) is 0 Å². The summed E-state index contributed by atoms with van der Waals surface area (Å²) in [4.78, 5) is 16.4. The van der Waals surface area contributed by atoms with Crippen molar-refractivity contribution in [1.82, 2.24) is 19.7 Å². The number of carbonyl (C=O) groups is 1. The number of thiazole rings is 1. The first-order chi connectivity index (χ1) is 12.2. The summed E-state index contributed by atoms with van der Waals surface area (Å²) in [6.07, 6.45) is 2.48. The third kappa shape index (κ3) is 4.74. The Morgan fingerprint density at radius 1 is 1.48 bits per heavy atom. The minimum absolute atomic E-state index is 0.188. The van der Waals surface area contributed by atoms with E-state index in [9.17, 15) is 9.18 Å². The number of nitrogens with zero attached hydrogens (tertiary/aromatic N) is 4. The molecule has 0 saturated carbocycles. The molecule has 7 nitrogen and oxygen atoms in total. The van der Waals surface area contributed by atoms with Crippen LogP contribution in [0.1, 0.15) is 6.42 Å². The van der Waals surface area contributed by atoms with Crippen LogP contribution in [-0.4, -0.2) is 45.1 Å². The zero-order valence-corrected chi connectivity index (χ0v) is 15.1. The summed E-state index contributed by atoms with van der Waals surface area (Å²) in [6, 6.07) is 4.34. The summed E-state index contributed by atoms with van der Waals surface area (Å²) < 4.78 is 20.8. The maximum Gasteiger partial charge on any atom is 0.236 e. The number of thioether (sulfide) groups is 1. The van der Waals surface area contributed by atoms with E-state index in [-0.39, 0.29) is 17.5 Å². The molecule has 0 unspecified atom stereocenters. The Balaban J connectivity index is 1.55. The van der Waals surface area contributed by atoms with Crippen molar-refractivity contribution in [3.05, 3.63) is 30.3 Å². The van der Waals surface area contributed by atoms with Crippen LogP contribution in [-0.2, 0) is 16.1 Å². The summed E-state index contributed by atoms with van der Waals surface area (Å²) in [5.74, 6) is -0.332. The topological polar surface area (TPSA) is 81.9 Å². The average molecular weight is 381 g/mol. The van der Waals surface area contributed by atoms with Crippen molar-refractivity contribution in [1.29, 1.82) is 0 Å². The van der Waals surface area contributed by atoms with Crippen molar-refractivity contribution < 1.29 is 13.9 Å². The largest absolute Gasteiger partial charge is 0.385 e. The van der Waals surface area contributed by atoms with Crippen molar-refractivity contribution in [2.24, 2.45) is 0 Å². The van der Waals surface area contributed by atoms with E-state index in [0.717, 1.165) is 13.0 Å². The molecule has 25 heavy (non-hydrogen) atoms. The van der Waals surface area contributed by atoms with Gasteiger partial charge >= 0.3 is 0 Å². The van der Waals surface area contributed by atoms with E-state index >= 15 is 0 Å². The number of halogens is 1. The van der Waals surface area contributed by atoms with E-state index in [1.807, 2.05) is 4.57 Å². The summed E-state index contributed by atoms with van der Waals surface area (Å²) in [7, 11) is 1.66. The first kappa shape index (κ1) is 17.8. The van der Waals surface area contributed by atoms with Crippen LogP contribution in [0.25, 0.3) is 10.2 Å². The van der Waals surface area contributed by atoms with Crippen molar-refractivity contribution in [3.63, 3.8) is 0 Å². The fourth-order valence-electron chi connectivity index (χ4n) is 2.13. The van der Waals surface area contributed by atoms with Crippen LogP contribution in [0.4, 0.5) is 9.52 Å². The van der Waals surface area contributed by atoms with E-state index in [4.69, 9.17) is 4.74 Å². The zero-order valence-electron chi connectivity index (χ0n) is 13.4. The van der Waals surface area contributed by atoms with Gasteiger partial charge in [0, 0.05) is 20.3 Å². The van der Waals surface area contributed by atoms with E-state index in [2.05, 4.69) is 20.5 Å². The Bertz CT molecular complexity index is 867. The molecule has 2 aromatic heterocycles. The first-order valence-corrected chi connectivity index (χ1v) is 9.31. The van der Waals surface area contributed by atoms with Crippen LogP contribution in [0.5, 0.6) is 0 Å². The molecule has 0 fully saturated rings. The predicted octanol–water partition coefficient (Wildman–Crippen LogP) is 2.79. The number of amides is 1. The van der Waals surface area contributed by atoms with Gasteiger partial charge in [-0.3, -0.25) is 4.79 Å². The predicted molar refractivity (Wildman–Crippen MR) is 95.4 cm³/mol. The molecule has 10 heteroatoms. The van der Waals surface area contributed by atoms with Crippen LogP contribution in [0.15, 0.2) is 29.7 Å². The summed E-state index contributed by atoms with van der Waals surface area (Å²) in [5, 5.41) is 11.8. The number of hydrogen-bond acceptors (Lipinski definition) is 7. The fourth-order valence-corrected chi connectivity index (χ4v) is 3.77. The number of anilines is 1. The second-order valence-corrected chi connectivity index (χ2v) is 7.09. The van der Waals surface area contributed by atoms with E-state index < -0.39 is 0 Å². The van der Waals surface area contributed by atoms with Gasteiger partial charge in [-0.25, -0.2) is 9.37 Å². The SMILES string of the molecule is COCCCn1cnnc1SCC(=O)Nc1nc2ccc(F)cc2s1. The van der Waals surface area contributed by atoms with Crippen molar-refractivity contribution in [2.75, 3.05) is 24.8 Å². The molecule has 0 aliphatic heterocycles. The van der Waals surface area contributed by atoms with E-state index in [0.29, 0.717) is 27.1 Å². The van der Waals surface area contributed by atoms with Gasteiger partial charge < -0.3 is 14.6 Å². The highest BCUT2D eigenvalue weighted by Crippen LogP contribution is 2.26. The van der Waals surface area contributed by atoms with Gasteiger partial charge in [-0.1, -0.05) is 23.1 Å². The molecule has 1 N–H and O–H groups in total. The lowest BCUT2D eigenvalue weighted by atomic mass is 10.3. The highest BCUT2D eigenvalue weighted by molar-refractivity contribution is 7.99. The number of methoxy groups -OCH3 is 1. The number of ether oxygens (including phenoxy) is 1. The van der Waals surface area contributed by atoms with Gasteiger partial charge in [0.15, 0.2) is 10.3 Å². The van der Waals surface area contributed by atoms with Crippen molar-refractivity contribution in [3.8, 4) is 0 Å². The van der Waals surface area contributed by atoms with Crippen molar-refractivity contribution >= 4 is 44.4 Å². The lowest BCUT2D eigenvalue weighted by Gasteiger charge is -2.05. The quantitative estimate of drug-likeness (QED) is 0.477. The number of carbonyl (C=O) groups excluding carboxylic acids is 1. The molecule has 1 amide bonds. The molecule has 0 bridgehead atoms. The number of aromatic nitrogens is 4. The van der Waals surface area contributed by atoms with Gasteiger partial charge in [-0.05, 0) is 24.6 Å². The number of aryl methyl sites for hydroxylation is 1. The van der Waals surface area contributed by atoms with Crippen LogP contribution < -0.4 is 5.32 Å². The van der Waals surface area contributed by atoms with Crippen molar-refractivity contribution in [2.45, 2.75) is 18.1 Å². The Kier molecular flexibility index (Phi) is 5.95. The molecule has 132 valence electrons. The minimum atomic E-state index is -0.322. The number of fused-ring (bicyclic) bond motifs is 1. The Hall–Kier alpha value is -2.04. The molecule has 2 heterocycles. The van der Waals surface area contributed by atoms with Gasteiger partial charge in [0.25, 0.3) is 0 Å². The van der Waals surface area contributed by atoms with Gasteiger partial charge in [0.05, 0.1) is 16.0 Å². The second kappa shape index (κ2) is 8.37. The van der Waals surface area contributed by atoms with E-state index in [1.54, 1.807) is 19.5 Å². The molecule has 0 radical (unpaired) electrons. The molecule has 3 aromatic rings. The van der Waals surface area contributed by atoms with Gasteiger partial charge in [0.1, 0.15) is 12.1 Å². The molecule has 0 aliphatic carbocycles. The molecular weight excluding hydrogens is 365 g/mol. The monoisotopic (exact) mass is 381 g/mol. The molecular formula is C15H16FN5O2S2. The van der Waals surface area contributed by atoms with Gasteiger partial charge in [-0.2, -0.15) is 0 Å². The third-order valence-electron chi connectivity index (χ3n) is 3.26. The normalized spacial score (nSPS) is 11.1. The fraction of sp³-hybridized carbons (Fsp3) is 0.333. The number of rotatable bonds is 8. The number of benzene rings is 1. The average Bonchev–Trinajstić information content (AvgIpc) is 3.19. The highest BCUT2D eigenvalue weighted by Gasteiger charge is 2.11. The summed E-state index contributed by atoms with van der Waals surface area (Å²) in [5.41, 5.74) is 0.659. The lowest BCUT2D eigenvalue weighted by molar-refractivity contribution is -0.113. The molecule has 1 aromatic carbocycles.